The summed E-state index contributed by atoms with van der Waals surface area (Å²) in [5, 5.41) is 5.42. The van der Waals surface area contributed by atoms with Crippen molar-refractivity contribution in [2.75, 3.05) is 23.4 Å². The van der Waals surface area contributed by atoms with Gasteiger partial charge in [0.1, 0.15) is 0 Å². The molecule has 1 aliphatic rings. The number of carbonyl (C=O) groups excluding carboxylic acids is 2. The fourth-order valence-corrected chi connectivity index (χ4v) is 4.54. The Morgan fingerprint density at radius 1 is 1.12 bits per heavy atom. The molecule has 1 aromatic heterocycles. The Hall–Kier alpha value is -2.61. The Bertz CT molecular complexity index is 857. The Labute approximate surface area is 145 Å². The van der Waals surface area contributed by atoms with Gasteiger partial charge in [0.25, 0.3) is 11.8 Å². The van der Waals surface area contributed by atoms with Gasteiger partial charge in [-0.25, -0.2) is 8.42 Å². The highest BCUT2D eigenvalue weighted by Gasteiger charge is 2.27. The van der Waals surface area contributed by atoms with Crippen molar-refractivity contribution < 1.29 is 22.4 Å². The van der Waals surface area contributed by atoms with Crippen molar-refractivity contribution in [3.05, 3.63) is 54.0 Å². The lowest BCUT2D eigenvalue weighted by molar-refractivity contribution is 0.0947. The quantitative estimate of drug-likeness (QED) is 0.842. The van der Waals surface area contributed by atoms with Crippen LogP contribution >= 0.6 is 0 Å². The van der Waals surface area contributed by atoms with Crippen LogP contribution in [0.5, 0.6) is 0 Å². The third-order valence-electron chi connectivity index (χ3n) is 4.03. The highest BCUT2D eigenvalue weighted by atomic mass is 32.2. The summed E-state index contributed by atoms with van der Waals surface area (Å²) in [6, 6.07) is 9.61. The number of benzene rings is 1. The van der Waals surface area contributed by atoms with Gasteiger partial charge in [-0.05, 0) is 48.7 Å². The summed E-state index contributed by atoms with van der Waals surface area (Å²) >= 11 is 0. The van der Waals surface area contributed by atoms with Crippen molar-refractivity contribution in [3.63, 3.8) is 0 Å². The first-order chi connectivity index (χ1) is 11.9. The SMILES string of the molecule is O=C(NC[C@@H]1CCS(=O)(=O)C1)c1ccc(NC(=O)c2ccco2)cc1. The van der Waals surface area contributed by atoms with Crippen molar-refractivity contribution in [3.8, 4) is 0 Å². The molecule has 0 spiro atoms. The number of amides is 2. The van der Waals surface area contributed by atoms with Gasteiger partial charge in [0.15, 0.2) is 15.6 Å². The number of carbonyl (C=O) groups is 2. The molecule has 0 radical (unpaired) electrons. The molecule has 8 heteroatoms. The molecule has 1 aliphatic heterocycles. The van der Waals surface area contributed by atoms with Gasteiger partial charge in [0.05, 0.1) is 17.8 Å². The number of hydrogen-bond acceptors (Lipinski definition) is 5. The topological polar surface area (TPSA) is 105 Å². The first kappa shape index (κ1) is 17.2. The highest BCUT2D eigenvalue weighted by molar-refractivity contribution is 7.91. The molecule has 0 unspecified atom stereocenters. The molecule has 2 N–H and O–H groups in total. The molecule has 25 heavy (non-hydrogen) atoms. The second-order valence-corrected chi connectivity index (χ2v) is 8.22. The minimum absolute atomic E-state index is 0.0270. The normalized spacial score (nSPS) is 18.6. The largest absolute Gasteiger partial charge is 0.459 e. The number of anilines is 1. The van der Waals surface area contributed by atoms with Gasteiger partial charge in [-0.15, -0.1) is 0 Å². The number of nitrogens with one attached hydrogen (secondary N) is 2. The van der Waals surface area contributed by atoms with Crippen LogP contribution < -0.4 is 10.6 Å². The Balaban J connectivity index is 1.53. The number of rotatable bonds is 5. The minimum Gasteiger partial charge on any atom is -0.459 e. The van der Waals surface area contributed by atoms with Gasteiger partial charge in [-0.2, -0.15) is 0 Å². The zero-order valence-corrected chi connectivity index (χ0v) is 14.2. The maximum absolute atomic E-state index is 12.1. The lowest BCUT2D eigenvalue weighted by atomic mass is 10.1. The van der Waals surface area contributed by atoms with Gasteiger partial charge in [0, 0.05) is 17.8 Å². The fourth-order valence-electron chi connectivity index (χ4n) is 2.68. The molecule has 0 bridgehead atoms. The first-order valence-electron chi connectivity index (χ1n) is 7.86. The second kappa shape index (κ2) is 7.10. The fraction of sp³-hybridized carbons (Fsp3) is 0.294. The van der Waals surface area contributed by atoms with Crippen LogP contribution in [0, 0.1) is 5.92 Å². The van der Waals surface area contributed by atoms with E-state index >= 15 is 0 Å². The molecule has 2 aromatic rings. The molecule has 0 saturated carbocycles. The molecule has 0 aliphatic carbocycles. The smallest absolute Gasteiger partial charge is 0.291 e. The van der Waals surface area contributed by atoms with E-state index in [4.69, 9.17) is 4.42 Å². The van der Waals surface area contributed by atoms with E-state index in [1.54, 1.807) is 36.4 Å². The molecule has 1 atom stereocenters. The summed E-state index contributed by atoms with van der Waals surface area (Å²) in [6.45, 7) is 0.342. The zero-order valence-electron chi connectivity index (χ0n) is 13.4. The van der Waals surface area contributed by atoms with E-state index < -0.39 is 9.84 Å². The van der Waals surface area contributed by atoms with Crippen molar-refractivity contribution in [1.29, 1.82) is 0 Å². The standard InChI is InChI=1S/C17H18N2O5S/c20-16(18-10-12-7-9-25(22,23)11-12)13-3-5-14(6-4-13)19-17(21)15-2-1-8-24-15/h1-6,8,12H,7,9-11H2,(H,18,20)(H,19,21)/t12-/m0/s1. The lowest BCUT2D eigenvalue weighted by Gasteiger charge is -2.10. The molecular weight excluding hydrogens is 344 g/mol. The minimum atomic E-state index is -2.94. The van der Waals surface area contributed by atoms with E-state index in [9.17, 15) is 18.0 Å². The van der Waals surface area contributed by atoms with Crippen LogP contribution in [0.25, 0.3) is 0 Å². The highest BCUT2D eigenvalue weighted by Crippen LogP contribution is 2.17. The van der Waals surface area contributed by atoms with Crippen LogP contribution in [-0.4, -0.2) is 38.3 Å². The average molecular weight is 362 g/mol. The summed E-state index contributed by atoms with van der Waals surface area (Å²) in [4.78, 5) is 24.0. The number of sulfone groups is 1. The molecule has 1 saturated heterocycles. The summed E-state index contributed by atoms with van der Waals surface area (Å²) in [7, 11) is -2.94. The van der Waals surface area contributed by atoms with Crippen LogP contribution in [0.1, 0.15) is 27.3 Å². The number of hydrogen-bond donors (Lipinski definition) is 2. The Morgan fingerprint density at radius 3 is 2.48 bits per heavy atom. The van der Waals surface area contributed by atoms with Gasteiger partial charge in [0.2, 0.25) is 0 Å². The predicted octanol–water partition coefficient (Wildman–Crippen LogP) is 1.70. The van der Waals surface area contributed by atoms with Crippen LogP contribution in [0.2, 0.25) is 0 Å². The van der Waals surface area contributed by atoms with E-state index in [0.717, 1.165) is 0 Å². The van der Waals surface area contributed by atoms with Crippen LogP contribution in [-0.2, 0) is 9.84 Å². The van der Waals surface area contributed by atoms with Crippen LogP contribution in [0.15, 0.2) is 47.1 Å². The molecule has 7 nitrogen and oxygen atoms in total. The Kier molecular flexibility index (Phi) is 4.89. The molecule has 1 aromatic carbocycles. The van der Waals surface area contributed by atoms with Crippen molar-refractivity contribution in [1.82, 2.24) is 5.32 Å². The van der Waals surface area contributed by atoms with E-state index in [2.05, 4.69) is 10.6 Å². The first-order valence-corrected chi connectivity index (χ1v) is 9.69. The van der Waals surface area contributed by atoms with Gasteiger partial charge >= 0.3 is 0 Å². The molecule has 2 heterocycles. The summed E-state index contributed by atoms with van der Waals surface area (Å²) in [5.74, 6) is -0.144. The van der Waals surface area contributed by atoms with Crippen molar-refractivity contribution >= 4 is 27.3 Å². The number of furan rings is 1. The maximum Gasteiger partial charge on any atom is 0.291 e. The molecule has 2 amide bonds. The van der Waals surface area contributed by atoms with E-state index in [0.29, 0.717) is 24.2 Å². The third kappa shape index (κ3) is 4.48. The van der Waals surface area contributed by atoms with Gasteiger partial charge in [-0.1, -0.05) is 0 Å². The average Bonchev–Trinajstić information content (AvgIpc) is 3.23. The van der Waals surface area contributed by atoms with Crippen molar-refractivity contribution in [2.45, 2.75) is 6.42 Å². The second-order valence-electron chi connectivity index (χ2n) is 5.99. The van der Waals surface area contributed by atoms with Crippen molar-refractivity contribution in [2.24, 2.45) is 5.92 Å². The summed E-state index contributed by atoms with van der Waals surface area (Å²) in [6.07, 6.45) is 2.00. The summed E-state index contributed by atoms with van der Waals surface area (Å²) in [5.41, 5.74) is 0.983. The lowest BCUT2D eigenvalue weighted by Crippen LogP contribution is -2.29. The van der Waals surface area contributed by atoms with E-state index in [1.807, 2.05) is 0 Å². The molecule has 132 valence electrons. The van der Waals surface area contributed by atoms with E-state index in [1.165, 1.54) is 6.26 Å². The molecule has 1 fully saturated rings. The predicted molar refractivity (Wildman–Crippen MR) is 92.2 cm³/mol. The Morgan fingerprint density at radius 2 is 1.88 bits per heavy atom. The van der Waals surface area contributed by atoms with Gasteiger partial charge < -0.3 is 15.1 Å². The summed E-state index contributed by atoms with van der Waals surface area (Å²) < 4.78 is 27.8. The van der Waals surface area contributed by atoms with E-state index in [-0.39, 0.29) is 35.0 Å². The third-order valence-corrected chi connectivity index (χ3v) is 5.86. The van der Waals surface area contributed by atoms with Crippen LogP contribution in [0.4, 0.5) is 5.69 Å². The maximum atomic E-state index is 12.1. The molecular formula is C17H18N2O5S. The van der Waals surface area contributed by atoms with Gasteiger partial charge in [-0.3, -0.25) is 9.59 Å². The zero-order chi connectivity index (χ0) is 17.9. The monoisotopic (exact) mass is 362 g/mol. The van der Waals surface area contributed by atoms with Crippen LogP contribution in [0.3, 0.4) is 0 Å². The molecule has 3 rings (SSSR count).